The average molecular weight is 713 g/mol. The molecule has 4 heteroatoms. The van der Waals surface area contributed by atoms with Crippen LogP contribution >= 0.6 is 0 Å². The molecule has 268 valence electrons. The van der Waals surface area contributed by atoms with Crippen LogP contribution < -0.4 is 0 Å². The normalized spacial score (nSPS) is 20.4. The summed E-state index contributed by atoms with van der Waals surface area (Å²) in [6.45, 7) is 4.92. The minimum Gasteiger partial charge on any atom is -0.208 e. The number of benzene rings is 6. The van der Waals surface area contributed by atoms with Crippen molar-refractivity contribution in [1.82, 2.24) is 15.0 Å². The number of rotatable bonds is 7. The van der Waals surface area contributed by atoms with Crippen molar-refractivity contribution in [1.29, 1.82) is 5.26 Å². The number of hydrogen-bond donors (Lipinski definition) is 0. The van der Waals surface area contributed by atoms with Crippen molar-refractivity contribution in [3.63, 3.8) is 0 Å². The second-order valence-electron chi connectivity index (χ2n) is 16.1. The second-order valence-corrected chi connectivity index (χ2v) is 16.1. The Kier molecular flexibility index (Phi) is 9.16. The maximum atomic E-state index is 9.61. The molecule has 2 saturated carbocycles. The zero-order chi connectivity index (χ0) is 37.4. The Labute approximate surface area is 324 Å². The van der Waals surface area contributed by atoms with Gasteiger partial charge in [0.15, 0.2) is 17.5 Å². The standard InChI is InChI=1S/C51H44N4/c1-34-26-37-27-35(2)31-51(30-34,32-37)43-23-20-39(21-24-43)44-18-9-10-19-45(44)49-53-48(40-15-7-4-8-16-40)54-50(55-49)46-25-22-42(41-17-11-12-36(28-41)33-52)29-47(46)38-13-5-3-6-14-38/h3-25,28-29,34-35,37H,26-27,30-32H2,1-2H3/t34-,35+,37-,51?. The van der Waals surface area contributed by atoms with E-state index in [2.05, 4.69) is 123 Å². The van der Waals surface area contributed by atoms with Crippen molar-refractivity contribution >= 4 is 0 Å². The van der Waals surface area contributed by atoms with Gasteiger partial charge in [0.05, 0.1) is 11.6 Å². The molecule has 0 aliphatic heterocycles. The summed E-state index contributed by atoms with van der Waals surface area (Å²) in [5, 5.41) is 9.61. The Bertz CT molecular complexity index is 2500. The number of aromatic nitrogens is 3. The van der Waals surface area contributed by atoms with Crippen LogP contribution in [0.15, 0.2) is 152 Å². The van der Waals surface area contributed by atoms with Gasteiger partial charge in [0.2, 0.25) is 0 Å². The van der Waals surface area contributed by atoms with E-state index < -0.39 is 0 Å². The van der Waals surface area contributed by atoms with Crippen LogP contribution in [0, 0.1) is 29.1 Å². The lowest BCUT2D eigenvalue weighted by atomic mass is 9.54. The van der Waals surface area contributed by atoms with Gasteiger partial charge in [-0.2, -0.15) is 5.26 Å². The van der Waals surface area contributed by atoms with Crippen LogP contribution in [0.2, 0.25) is 0 Å². The quantitative estimate of drug-likeness (QED) is 0.165. The number of hydrogen-bond acceptors (Lipinski definition) is 4. The summed E-state index contributed by atoms with van der Waals surface area (Å²) in [4.78, 5) is 15.6. The van der Waals surface area contributed by atoms with Crippen LogP contribution in [-0.4, -0.2) is 15.0 Å². The van der Waals surface area contributed by atoms with Crippen molar-refractivity contribution in [2.75, 3.05) is 0 Å². The molecule has 2 aliphatic carbocycles. The molecule has 4 nitrogen and oxygen atoms in total. The summed E-state index contributed by atoms with van der Waals surface area (Å²) in [5.41, 5.74) is 11.6. The number of fused-ring (bicyclic) bond motifs is 2. The van der Waals surface area contributed by atoms with E-state index in [0.29, 0.717) is 23.0 Å². The van der Waals surface area contributed by atoms with Gasteiger partial charge in [-0.3, -0.25) is 0 Å². The monoisotopic (exact) mass is 712 g/mol. The summed E-state index contributed by atoms with van der Waals surface area (Å²) in [6, 6.07) is 54.9. The first kappa shape index (κ1) is 34.6. The van der Waals surface area contributed by atoms with Gasteiger partial charge in [0.25, 0.3) is 0 Å². The fourth-order valence-electron chi connectivity index (χ4n) is 9.87. The van der Waals surface area contributed by atoms with E-state index in [1.807, 2.05) is 48.5 Å². The highest BCUT2D eigenvalue weighted by Crippen LogP contribution is 2.54. The number of nitrogens with zero attached hydrogens (tertiary/aromatic N) is 4. The molecule has 2 bridgehead atoms. The van der Waals surface area contributed by atoms with Gasteiger partial charge in [0.1, 0.15) is 0 Å². The topological polar surface area (TPSA) is 62.5 Å². The lowest BCUT2D eigenvalue weighted by molar-refractivity contribution is 0.0780. The molecule has 2 fully saturated rings. The minimum atomic E-state index is 0.288. The van der Waals surface area contributed by atoms with E-state index in [0.717, 1.165) is 67.8 Å². The molecule has 4 atom stereocenters. The first-order valence-electron chi connectivity index (χ1n) is 19.7. The largest absolute Gasteiger partial charge is 0.208 e. The van der Waals surface area contributed by atoms with E-state index >= 15 is 0 Å². The highest BCUT2D eigenvalue weighted by Gasteiger charge is 2.45. The molecule has 1 unspecified atom stereocenters. The van der Waals surface area contributed by atoms with E-state index in [9.17, 15) is 5.26 Å². The Morgan fingerprint density at radius 3 is 1.67 bits per heavy atom. The predicted octanol–water partition coefficient (Wildman–Crippen LogP) is 12.8. The van der Waals surface area contributed by atoms with Crippen LogP contribution in [0.5, 0.6) is 0 Å². The van der Waals surface area contributed by atoms with E-state index in [1.54, 1.807) is 0 Å². The molecular formula is C51H44N4. The molecule has 0 saturated heterocycles. The summed E-state index contributed by atoms with van der Waals surface area (Å²) in [5.74, 6) is 4.27. The minimum absolute atomic E-state index is 0.288. The third-order valence-corrected chi connectivity index (χ3v) is 11.9. The van der Waals surface area contributed by atoms with Crippen LogP contribution in [0.1, 0.15) is 57.1 Å². The highest BCUT2D eigenvalue weighted by atomic mass is 15.0. The molecule has 0 N–H and O–H groups in total. The van der Waals surface area contributed by atoms with Gasteiger partial charge in [0, 0.05) is 16.7 Å². The smallest absolute Gasteiger partial charge is 0.164 e. The van der Waals surface area contributed by atoms with E-state index in [-0.39, 0.29) is 5.41 Å². The van der Waals surface area contributed by atoms with E-state index in [1.165, 1.54) is 37.7 Å². The van der Waals surface area contributed by atoms with Gasteiger partial charge in [-0.05, 0) is 118 Å². The molecule has 9 rings (SSSR count). The van der Waals surface area contributed by atoms with Crippen molar-refractivity contribution in [2.45, 2.75) is 51.4 Å². The van der Waals surface area contributed by atoms with Crippen LogP contribution in [0.4, 0.5) is 0 Å². The molecular weight excluding hydrogens is 669 g/mol. The third-order valence-electron chi connectivity index (χ3n) is 11.9. The molecule has 7 aromatic rings. The van der Waals surface area contributed by atoms with Crippen molar-refractivity contribution in [2.24, 2.45) is 17.8 Å². The molecule has 0 spiro atoms. The second kappa shape index (κ2) is 14.6. The molecule has 6 aromatic carbocycles. The molecule has 0 radical (unpaired) electrons. The van der Waals surface area contributed by atoms with Gasteiger partial charge >= 0.3 is 0 Å². The molecule has 2 aliphatic rings. The Morgan fingerprint density at radius 2 is 1.00 bits per heavy atom. The lowest BCUT2D eigenvalue weighted by Crippen LogP contribution is -2.42. The average Bonchev–Trinajstić information content (AvgIpc) is 3.23. The predicted molar refractivity (Wildman–Crippen MR) is 224 cm³/mol. The lowest BCUT2D eigenvalue weighted by Gasteiger charge is -2.50. The van der Waals surface area contributed by atoms with Gasteiger partial charge in [-0.15, -0.1) is 0 Å². The zero-order valence-corrected chi connectivity index (χ0v) is 31.5. The van der Waals surface area contributed by atoms with Crippen molar-refractivity contribution in [3.05, 3.63) is 163 Å². The fourth-order valence-corrected chi connectivity index (χ4v) is 9.87. The molecule has 1 heterocycles. The number of nitriles is 1. The van der Waals surface area contributed by atoms with Gasteiger partial charge in [-0.1, -0.05) is 141 Å². The van der Waals surface area contributed by atoms with E-state index in [4.69, 9.17) is 15.0 Å². The van der Waals surface area contributed by atoms with Gasteiger partial charge in [-0.25, -0.2) is 15.0 Å². The van der Waals surface area contributed by atoms with Crippen LogP contribution in [0.3, 0.4) is 0 Å². The maximum Gasteiger partial charge on any atom is 0.164 e. The third kappa shape index (κ3) is 6.88. The molecule has 1 aromatic heterocycles. The first-order chi connectivity index (χ1) is 26.9. The van der Waals surface area contributed by atoms with Crippen LogP contribution in [-0.2, 0) is 5.41 Å². The highest BCUT2D eigenvalue weighted by molar-refractivity contribution is 5.87. The summed E-state index contributed by atoms with van der Waals surface area (Å²) in [7, 11) is 0. The fraction of sp³-hybridized carbons (Fsp3) is 0.216. The summed E-state index contributed by atoms with van der Waals surface area (Å²) >= 11 is 0. The Morgan fingerprint density at radius 1 is 0.473 bits per heavy atom. The molecule has 55 heavy (non-hydrogen) atoms. The van der Waals surface area contributed by atoms with Gasteiger partial charge < -0.3 is 0 Å². The van der Waals surface area contributed by atoms with Crippen LogP contribution in [0.25, 0.3) is 67.5 Å². The zero-order valence-electron chi connectivity index (χ0n) is 31.5. The SMILES string of the molecule is C[C@@H]1C[C@@H]2C[C@H](C)CC(c3ccc(-c4ccccc4-c4nc(-c5ccccc5)nc(-c5ccc(-c6cccc(C#N)c6)cc5-c5ccccc5)n4)cc3)(C1)C2. The molecule has 0 amide bonds. The summed E-state index contributed by atoms with van der Waals surface area (Å²) < 4.78 is 0. The Balaban J connectivity index is 1.17. The van der Waals surface area contributed by atoms with Crippen molar-refractivity contribution in [3.8, 4) is 73.6 Å². The summed E-state index contributed by atoms with van der Waals surface area (Å²) in [6.07, 6.45) is 6.66. The maximum absolute atomic E-state index is 9.61. The Hall–Kier alpha value is -6.18. The first-order valence-corrected chi connectivity index (χ1v) is 19.7. The van der Waals surface area contributed by atoms with Crippen molar-refractivity contribution < 1.29 is 0 Å².